The van der Waals surface area contributed by atoms with Gasteiger partial charge in [-0.15, -0.1) is 0 Å². The number of nitrogens with two attached hydrogens (primary N) is 1. The fraction of sp³-hybridized carbons (Fsp3) is 0.600. The summed E-state index contributed by atoms with van der Waals surface area (Å²) in [4.78, 5) is 0. The molecule has 5 nitrogen and oxygen atoms in total. The van der Waals surface area contributed by atoms with Crippen LogP contribution in [0.1, 0.15) is 26.0 Å². The molecule has 1 aromatic rings. The summed E-state index contributed by atoms with van der Waals surface area (Å²) < 4.78 is 27.0. The van der Waals surface area contributed by atoms with Crippen molar-refractivity contribution in [3.63, 3.8) is 0 Å². The number of hydrogen-bond acceptors (Lipinski definition) is 4. The van der Waals surface area contributed by atoms with Crippen molar-refractivity contribution in [3.8, 4) is 0 Å². The molecule has 1 aliphatic rings. The van der Waals surface area contributed by atoms with Crippen LogP contribution in [0.2, 0.25) is 0 Å². The Hall–Kier alpha value is -0.850. The van der Waals surface area contributed by atoms with Crippen LogP contribution in [0.5, 0.6) is 0 Å². The predicted octanol–water partition coefficient (Wildman–Crippen LogP) is 0.815. The van der Waals surface area contributed by atoms with Crippen LogP contribution >= 0.6 is 0 Å². The molecule has 16 heavy (non-hydrogen) atoms. The van der Waals surface area contributed by atoms with E-state index in [9.17, 15) is 8.42 Å². The number of furan rings is 1. The van der Waals surface area contributed by atoms with Gasteiger partial charge >= 0.3 is 0 Å². The maximum absolute atomic E-state index is 11.0. The fourth-order valence-corrected chi connectivity index (χ4v) is 2.13. The lowest BCUT2D eigenvalue weighted by Gasteiger charge is -2.03. The average Bonchev–Trinajstić information content (AvgIpc) is 2.63. The molecule has 3 N–H and O–H groups in total. The van der Waals surface area contributed by atoms with Crippen molar-refractivity contribution in [2.45, 2.75) is 37.9 Å². The summed E-state index contributed by atoms with van der Waals surface area (Å²) in [5, 5.41) is 8.06. The Bertz CT molecular complexity index is 490. The molecule has 1 saturated carbocycles. The van der Waals surface area contributed by atoms with Gasteiger partial charge in [-0.05, 0) is 24.0 Å². The molecule has 0 radical (unpaired) electrons. The van der Waals surface area contributed by atoms with E-state index in [0.29, 0.717) is 23.8 Å². The Morgan fingerprint density at radius 1 is 1.56 bits per heavy atom. The first kappa shape index (κ1) is 11.6. The Morgan fingerprint density at radius 3 is 2.62 bits per heavy atom. The van der Waals surface area contributed by atoms with Crippen LogP contribution < -0.4 is 10.5 Å². The van der Waals surface area contributed by atoms with E-state index in [2.05, 4.69) is 19.2 Å². The number of rotatable bonds is 4. The van der Waals surface area contributed by atoms with Crippen LogP contribution in [0.15, 0.2) is 21.6 Å². The van der Waals surface area contributed by atoms with Gasteiger partial charge in [0.25, 0.3) is 10.0 Å². The molecule has 0 amide bonds. The average molecular weight is 244 g/mol. The van der Waals surface area contributed by atoms with Crippen molar-refractivity contribution >= 4 is 10.0 Å². The maximum Gasteiger partial charge on any atom is 0.271 e. The van der Waals surface area contributed by atoms with Gasteiger partial charge in [0.15, 0.2) is 0 Å². The maximum atomic E-state index is 11.0. The number of primary sulfonamides is 1. The summed E-state index contributed by atoms with van der Waals surface area (Å²) >= 11 is 0. The molecule has 2 rings (SSSR count). The van der Waals surface area contributed by atoms with Gasteiger partial charge in [-0.25, -0.2) is 13.6 Å². The van der Waals surface area contributed by atoms with Crippen molar-refractivity contribution in [1.29, 1.82) is 0 Å². The van der Waals surface area contributed by atoms with Crippen molar-refractivity contribution in [1.82, 2.24) is 5.32 Å². The van der Waals surface area contributed by atoms with Crippen molar-refractivity contribution in [2.75, 3.05) is 0 Å². The molecule has 90 valence electrons. The molecule has 1 aromatic heterocycles. The fourth-order valence-electron chi connectivity index (χ4n) is 1.65. The van der Waals surface area contributed by atoms with Crippen LogP contribution in [0.3, 0.4) is 0 Å². The zero-order valence-corrected chi connectivity index (χ0v) is 10.2. The summed E-state index contributed by atoms with van der Waals surface area (Å²) in [5.74, 6) is 0.590. The lowest BCUT2D eigenvalue weighted by Crippen LogP contribution is -2.19. The lowest BCUT2D eigenvalue weighted by molar-refractivity contribution is 0.396. The van der Waals surface area contributed by atoms with Gasteiger partial charge in [0, 0.05) is 6.04 Å². The molecule has 6 heteroatoms. The normalized spacial score (nSPS) is 23.3. The van der Waals surface area contributed by atoms with Crippen LogP contribution in [-0.2, 0) is 16.6 Å². The predicted molar refractivity (Wildman–Crippen MR) is 59.1 cm³/mol. The first-order valence-electron chi connectivity index (χ1n) is 5.14. The van der Waals surface area contributed by atoms with E-state index in [-0.39, 0.29) is 5.09 Å². The van der Waals surface area contributed by atoms with E-state index in [1.807, 2.05) is 0 Å². The van der Waals surface area contributed by atoms with Gasteiger partial charge in [0.2, 0.25) is 5.09 Å². The van der Waals surface area contributed by atoms with E-state index >= 15 is 0 Å². The highest BCUT2D eigenvalue weighted by atomic mass is 32.2. The van der Waals surface area contributed by atoms with Crippen LogP contribution in [0.25, 0.3) is 0 Å². The minimum absolute atomic E-state index is 0.181. The number of hydrogen-bond donors (Lipinski definition) is 2. The highest BCUT2D eigenvalue weighted by molar-refractivity contribution is 7.89. The summed E-state index contributed by atoms with van der Waals surface area (Å²) in [6.45, 7) is 4.90. The van der Waals surface area contributed by atoms with Gasteiger partial charge in [-0.2, -0.15) is 0 Å². The molecule has 1 fully saturated rings. The van der Waals surface area contributed by atoms with Gasteiger partial charge in [-0.1, -0.05) is 13.8 Å². The van der Waals surface area contributed by atoms with E-state index in [1.54, 1.807) is 6.07 Å². The van der Waals surface area contributed by atoms with E-state index in [0.717, 1.165) is 6.42 Å². The second-order valence-electron chi connectivity index (χ2n) is 4.89. The first-order chi connectivity index (χ1) is 7.29. The highest BCUT2D eigenvalue weighted by Gasteiger charge is 2.45. The Labute approximate surface area is 95.1 Å². The van der Waals surface area contributed by atoms with Crippen molar-refractivity contribution in [3.05, 3.63) is 17.9 Å². The van der Waals surface area contributed by atoms with E-state index < -0.39 is 10.0 Å². The molecule has 1 aliphatic carbocycles. The topological polar surface area (TPSA) is 85.3 Å². The molecular weight excluding hydrogens is 228 g/mol. The van der Waals surface area contributed by atoms with Crippen LogP contribution in [0.4, 0.5) is 0 Å². The second kappa shape index (κ2) is 3.58. The summed E-state index contributed by atoms with van der Waals surface area (Å²) in [7, 11) is -3.72. The molecule has 0 saturated heterocycles. The Balaban J connectivity index is 1.94. The summed E-state index contributed by atoms with van der Waals surface area (Å²) in [5.41, 5.74) is 0.343. The standard InChI is InChI=1S/C10H16N2O3S/c1-10(2)5-8(10)12-6-7-3-4-9(15-7)16(11,13)14/h3-4,8,12H,5-6H2,1-2H3,(H2,11,13,14). The third kappa shape index (κ3) is 2.45. The molecule has 1 atom stereocenters. The molecule has 0 aromatic carbocycles. The zero-order valence-electron chi connectivity index (χ0n) is 9.36. The molecule has 0 bridgehead atoms. The lowest BCUT2D eigenvalue weighted by atomic mass is 10.2. The van der Waals surface area contributed by atoms with Crippen molar-refractivity contribution < 1.29 is 12.8 Å². The monoisotopic (exact) mass is 244 g/mol. The number of sulfonamides is 1. The van der Waals surface area contributed by atoms with Crippen LogP contribution in [-0.4, -0.2) is 14.5 Å². The number of nitrogens with one attached hydrogen (secondary N) is 1. The molecule has 1 heterocycles. The molecule has 0 spiro atoms. The smallest absolute Gasteiger partial charge is 0.271 e. The minimum atomic E-state index is -3.72. The van der Waals surface area contributed by atoms with Gasteiger partial charge in [0.05, 0.1) is 6.54 Å². The molecule has 1 unspecified atom stereocenters. The highest BCUT2D eigenvalue weighted by Crippen LogP contribution is 2.44. The van der Waals surface area contributed by atoms with Gasteiger partial charge in [0.1, 0.15) is 5.76 Å². The Morgan fingerprint density at radius 2 is 2.19 bits per heavy atom. The SMILES string of the molecule is CC1(C)CC1NCc1ccc(S(N)(=O)=O)o1. The van der Waals surface area contributed by atoms with Gasteiger partial charge < -0.3 is 9.73 Å². The molecule has 0 aliphatic heterocycles. The third-order valence-electron chi connectivity index (χ3n) is 2.95. The summed E-state index contributed by atoms with van der Waals surface area (Å²) in [6.07, 6.45) is 1.13. The van der Waals surface area contributed by atoms with Crippen LogP contribution in [0, 0.1) is 5.41 Å². The summed E-state index contributed by atoms with van der Waals surface area (Å²) in [6, 6.07) is 3.49. The van der Waals surface area contributed by atoms with E-state index in [4.69, 9.17) is 9.56 Å². The first-order valence-corrected chi connectivity index (χ1v) is 6.68. The zero-order chi connectivity index (χ0) is 12.0. The quantitative estimate of drug-likeness (QED) is 0.821. The largest absolute Gasteiger partial charge is 0.447 e. The van der Waals surface area contributed by atoms with Gasteiger partial charge in [-0.3, -0.25) is 0 Å². The van der Waals surface area contributed by atoms with E-state index in [1.165, 1.54) is 6.07 Å². The third-order valence-corrected chi connectivity index (χ3v) is 3.73. The Kier molecular flexibility index (Phi) is 2.60. The second-order valence-corrected chi connectivity index (χ2v) is 6.38. The minimum Gasteiger partial charge on any atom is -0.447 e. The molecular formula is C10H16N2O3S. The van der Waals surface area contributed by atoms with Crippen molar-refractivity contribution in [2.24, 2.45) is 10.6 Å².